The second-order valence-corrected chi connectivity index (χ2v) is 8.54. The van der Waals surface area contributed by atoms with E-state index in [9.17, 15) is 8.42 Å². The monoisotopic (exact) mass is 387 g/mol. The topological polar surface area (TPSA) is 53.5 Å². The van der Waals surface area contributed by atoms with Crippen LogP contribution >= 0.6 is 11.6 Å². The van der Waals surface area contributed by atoms with E-state index >= 15 is 0 Å². The number of pyridine rings is 1. The lowest BCUT2D eigenvalue weighted by molar-refractivity contribution is 0.385. The van der Waals surface area contributed by atoms with Gasteiger partial charge in [-0.2, -0.15) is 4.31 Å². The standard InChI is InChI=1S/C19H18ClN3O2S/c20-16-6-8-17(9-7-16)22-11-13-23(14-12-22)26(24,25)18-5-1-3-15-4-2-10-21-19(15)18/h1-10H,11-14H2. The van der Waals surface area contributed by atoms with Gasteiger partial charge in [0.1, 0.15) is 4.90 Å². The van der Waals surface area contributed by atoms with Crippen LogP contribution in [0, 0.1) is 0 Å². The van der Waals surface area contributed by atoms with Gasteiger partial charge in [-0.05, 0) is 36.4 Å². The molecule has 0 atom stereocenters. The Kier molecular flexibility index (Phi) is 4.56. The first-order chi connectivity index (χ1) is 12.6. The van der Waals surface area contributed by atoms with E-state index in [-0.39, 0.29) is 4.90 Å². The summed E-state index contributed by atoms with van der Waals surface area (Å²) in [6.07, 6.45) is 1.62. The highest BCUT2D eigenvalue weighted by atomic mass is 35.5. The van der Waals surface area contributed by atoms with Crippen LogP contribution in [-0.4, -0.2) is 43.9 Å². The minimum absolute atomic E-state index is 0.274. The Balaban J connectivity index is 1.57. The molecule has 1 aliphatic heterocycles. The summed E-state index contributed by atoms with van der Waals surface area (Å²) in [5.74, 6) is 0. The summed E-state index contributed by atoms with van der Waals surface area (Å²) >= 11 is 5.94. The van der Waals surface area contributed by atoms with Crippen molar-refractivity contribution in [2.45, 2.75) is 4.90 Å². The first-order valence-corrected chi connectivity index (χ1v) is 10.2. The van der Waals surface area contributed by atoms with E-state index in [1.807, 2.05) is 42.5 Å². The van der Waals surface area contributed by atoms with Crippen molar-refractivity contribution in [3.05, 3.63) is 65.8 Å². The number of nitrogens with zero attached hydrogens (tertiary/aromatic N) is 3. The molecule has 5 nitrogen and oxygen atoms in total. The van der Waals surface area contributed by atoms with E-state index < -0.39 is 10.0 Å². The molecule has 1 fully saturated rings. The molecule has 1 aliphatic rings. The minimum Gasteiger partial charge on any atom is -0.369 e. The van der Waals surface area contributed by atoms with Crippen molar-refractivity contribution in [1.82, 2.24) is 9.29 Å². The molecular formula is C19H18ClN3O2S. The summed E-state index contributed by atoms with van der Waals surface area (Å²) in [6.45, 7) is 2.15. The molecule has 4 rings (SSSR count). The highest BCUT2D eigenvalue weighted by molar-refractivity contribution is 7.89. The molecule has 134 valence electrons. The van der Waals surface area contributed by atoms with Gasteiger partial charge in [0.2, 0.25) is 10.0 Å². The zero-order valence-corrected chi connectivity index (χ0v) is 15.6. The molecule has 0 N–H and O–H groups in total. The van der Waals surface area contributed by atoms with E-state index in [4.69, 9.17) is 11.6 Å². The van der Waals surface area contributed by atoms with Crippen molar-refractivity contribution in [3.63, 3.8) is 0 Å². The van der Waals surface area contributed by atoms with Gasteiger partial charge in [0.05, 0.1) is 5.52 Å². The number of hydrogen-bond donors (Lipinski definition) is 0. The minimum atomic E-state index is -3.58. The van der Waals surface area contributed by atoms with Crippen molar-refractivity contribution >= 4 is 38.2 Å². The fourth-order valence-corrected chi connectivity index (χ4v) is 4.98. The molecule has 7 heteroatoms. The molecule has 0 aliphatic carbocycles. The number of sulfonamides is 1. The smallest absolute Gasteiger partial charge is 0.245 e. The highest BCUT2D eigenvalue weighted by Crippen LogP contribution is 2.26. The van der Waals surface area contributed by atoms with Gasteiger partial charge in [-0.15, -0.1) is 0 Å². The third kappa shape index (κ3) is 3.16. The van der Waals surface area contributed by atoms with Crippen LogP contribution < -0.4 is 4.90 Å². The lowest BCUT2D eigenvalue weighted by atomic mass is 10.2. The van der Waals surface area contributed by atoms with Crippen molar-refractivity contribution in [1.29, 1.82) is 0 Å². The SMILES string of the molecule is O=S(=O)(c1cccc2cccnc12)N1CCN(c2ccc(Cl)cc2)CC1. The zero-order chi connectivity index (χ0) is 18.1. The first kappa shape index (κ1) is 17.3. The van der Waals surface area contributed by atoms with Gasteiger partial charge in [0.15, 0.2) is 0 Å². The van der Waals surface area contributed by atoms with Crippen LogP contribution in [0.4, 0.5) is 5.69 Å². The second kappa shape index (κ2) is 6.87. The Bertz CT molecular complexity index is 1020. The fourth-order valence-electron chi connectivity index (χ4n) is 3.26. The number of halogens is 1. The van der Waals surface area contributed by atoms with Gasteiger partial charge in [-0.25, -0.2) is 8.42 Å². The van der Waals surface area contributed by atoms with E-state index in [0.717, 1.165) is 11.1 Å². The Labute approximate surface area is 157 Å². The summed E-state index contributed by atoms with van der Waals surface area (Å²) in [7, 11) is -3.58. The molecule has 0 bridgehead atoms. The van der Waals surface area contributed by atoms with E-state index in [1.165, 1.54) is 0 Å². The third-order valence-corrected chi connectivity index (χ3v) is 6.83. The van der Waals surface area contributed by atoms with Crippen LogP contribution in [0.5, 0.6) is 0 Å². The quantitative estimate of drug-likeness (QED) is 0.691. The number of benzene rings is 2. The average molecular weight is 388 g/mol. The summed E-state index contributed by atoms with van der Waals surface area (Å²) in [4.78, 5) is 6.73. The van der Waals surface area contributed by atoms with Gasteiger partial charge in [-0.3, -0.25) is 4.98 Å². The molecule has 0 amide bonds. The molecule has 0 radical (unpaired) electrons. The van der Waals surface area contributed by atoms with Crippen LogP contribution in [0.2, 0.25) is 5.02 Å². The molecule has 0 saturated carbocycles. The number of para-hydroxylation sites is 1. The number of anilines is 1. The van der Waals surface area contributed by atoms with Crippen molar-refractivity contribution in [3.8, 4) is 0 Å². The fraction of sp³-hybridized carbons (Fsp3) is 0.211. The molecule has 0 unspecified atom stereocenters. The maximum Gasteiger partial charge on any atom is 0.245 e. The second-order valence-electron chi connectivity index (χ2n) is 6.20. The third-order valence-electron chi connectivity index (χ3n) is 4.64. The largest absolute Gasteiger partial charge is 0.369 e. The van der Waals surface area contributed by atoms with Crippen LogP contribution in [0.1, 0.15) is 0 Å². The first-order valence-electron chi connectivity index (χ1n) is 8.40. The zero-order valence-electron chi connectivity index (χ0n) is 14.0. The Morgan fingerprint density at radius 2 is 1.58 bits per heavy atom. The molecule has 1 saturated heterocycles. The van der Waals surface area contributed by atoms with Crippen LogP contribution in [0.15, 0.2) is 65.7 Å². The van der Waals surface area contributed by atoms with Crippen molar-refractivity contribution < 1.29 is 8.42 Å². The maximum absolute atomic E-state index is 13.1. The Hall–Kier alpha value is -2.15. The predicted octanol–water partition coefficient (Wildman–Crippen LogP) is 3.40. The number of rotatable bonds is 3. The molecule has 3 aromatic rings. The van der Waals surface area contributed by atoms with E-state index in [0.29, 0.717) is 36.7 Å². The van der Waals surface area contributed by atoms with Crippen LogP contribution in [-0.2, 0) is 10.0 Å². The van der Waals surface area contributed by atoms with Gasteiger partial charge in [-0.1, -0.05) is 29.8 Å². The van der Waals surface area contributed by atoms with Crippen LogP contribution in [0.3, 0.4) is 0 Å². The molecule has 26 heavy (non-hydrogen) atoms. The summed E-state index contributed by atoms with van der Waals surface area (Å²) in [5.41, 5.74) is 1.58. The lowest BCUT2D eigenvalue weighted by Gasteiger charge is -2.35. The number of hydrogen-bond acceptors (Lipinski definition) is 4. The number of piperazine rings is 1. The predicted molar refractivity (Wildman–Crippen MR) is 104 cm³/mol. The Morgan fingerprint density at radius 3 is 2.31 bits per heavy atom. The lowest BCUT2D eigenvalue weighted by Crippen LogP contribution is -2.48. The maximum atomic E-state index is 13.1. The molecule has 2 aromatic carbocycles. The van der Waals surface area contributed by atoms with Gasteiger partial charge >= 0.3 is 0 Å². The van der Waals surface area contributed by atoms with E-state index in [2.05, 4.69) is 9.88 Å². The average Bonchev–Trinajstić information content (AvgIpc) is 2.68. The van der Waals surface area contributed by atoms with Gasteiger partial charge < -0.3 is 4.90 Å². The van der Waals surface area contributed by atoms with Gasteiger partial charge in [0, 0.05) is 48.5 Å². The molecule has 0 spiro atoms. The summed E-state index contributed by atoms with van der Waals surface area (Å²) in [5, 5.41) is 1.52. The number of aromatic nitrogens is 1. The number of fused-ring (bicyclic) bond motifs is 1. The van der Waals surface area contributed by atoms with Crippen molar-refractivity contribution in [2.24, 2.45) is 0 Å². The molecule has 1 aromatic heterocycles. The molecular weight excluding hydrogens is 370 g/mol. The van der Waals surface area contributed by atoms with Gasteiger partial charge in [0.25, 0.3) is 0 Å². The Morgan fingerprint density at radius 1 is 0.885 bits per heavy atom. The van der Waals surface area contributed by atoms with Crippen LogP contribution in [0.25, 0.3) is 10.9 Å². The normalized spacial score (nSPS) is 16.1. The summed E-state index contributed by atoms with van der Waals surface area (Å²) < 4.78 is 27.8. The summed E-state index contributed by atoms with van der Waals surface area (Å²) in [6, 6.07) is 16.6. The van der Waals surface area contributed by atoms with E-state index in [1.54, 1.807) is 22.6 Å². The van der Waals surface area contributed by atoms with Crippen molar-refractivity contribution in [2.75, 3.05) is 31.1 Å². The highest BCUT2D eigenvalue weighted by Gasteiger charge is 2.30. The molecule has 2 heterocycles.